The first-order valence-corrected chi connectivity index (χ1v) is 6.53. The predicted molar refractivity (Wildman–Crippen MR) is 75.5 cm³/mol. The van der Waals surface area contributed by atoms with Gasteiger partial charge in [-0.3, -0.25) is 4.68 Å². The van der Waals surface area contributed by atoms with Crippen LogP contribution in [-0.2, 0) is 7.05 Å². The average Bonchev–Trinajstić information content (AvgIpc) is 2.66. The Bertz CT molecular complexity index is 519. The summed E-state index contributed by atoms with van der Waals surface area (Å²) in [6.07, 6.45) is -0.551. The van der Waals surface area contributed by atoms with Crippen molar-refractivity contribution in [1.82, 2.24) is 9.78 Å². The van der Waals surface area contributed by atoms with Gasteiger partial charge in [0.25, 0.3) is 0 Å². The van der Waals surface area contributed by atoms with Crippen molar-refractivity contribution < 1.29 is 5.11 Å². The van der Waals surface area contributed by atoms with Gasteiger partial charge in [-0.05, 0) is 24.6 Å². The number of hydrogen-bond donors (Lipinski definition) is 2. The van der Waals surface area contributed by atoms with Gasteiger partial charge in [0.15, 0.2) is 0 Å². The molecule has 1 aromatic carbocycles. The molecule has 2 aromatic rings. The molecule has 18 heavy (non-hydrogen) atoms. The van der Waals surface area contributed by atoms with E-state index in [-0.39, 0.29) is 0 Å². The van der Waals surface area contributed by atoms with Crippen LogP contribution in [0.4, 0.5) is 5.82 Å². The van der Waals surface area contributed by atoms with Crippen LogP contribution in [0.15, 0.2) is 34.8 Å². The second-order valence-corrected chi connectivity index (χ2v) is 5.16. The van der Waals surface area contributed by atoms with Crippen molar-refractivity contribution in [2.75, 3.05) is 11.9 Å². The molecule has 0 fully saturated rings. The summed E-state index contributed by atoms with van der Waals surface area (Å²) in [6, 6.07) is 9.61. The normalized spacial score (nSPS) is 12.4. The van der Waals surface area contributed by atoms with Gasteiger partial charge >= 0.3 is 0 Å². The summed E-state index contributed by atoms with van der Waals surface area (Å²) in [4.78, 5) is 0. The molecule has 0 spiro atoms. The number of rotatable bonds is 4. The topological polar surface area (TPSA) is 50.1 Å². The predicted octanol–water partition coefficient (Wildman–Crippen LogP) is 2.64. The lowest BCUT2D eigenvalue weighted by atomic mass is 10.1. The number of aromatic nitrogens is 2. The minimum atomic E-state index is -0.551. The number of benzene rings is 1. The molecule has 1 aromatic heterocycles. The Morgan fingerprint density at radius 1 is 1.44 bits per heavy atom. The molecule has 0 aliphatic heterocycles. The second-order valence-electron chi connectivity index (χ2n) is 4.25. The Morgan fingerprint density at radius 3 is 2.83 bits per heavy atom. The van der Waals surface area contributed by atoms with Gasteiger partial charge in [0.1, 0.15) is 5.82 Å². The van der Waals surface area contributed by atoms with Gasteiger partial charge in [-0.15, -0.1) is 0 Å². The van der Waals surface area contributed by atoms with Crippen LogP contribution in [0.2, 0.25) is 0 Å². The molecule has 0 amide bonds. The van der Waals surface area contributed by atoms with Gasteiger partial charge in [0.05, 0.1) is 6.10 Å². The van der Waals surface area contributed by atoms with Crippen molar-refractivity contribution in [3.8, 4) is 0 Å². The first-order valence-electron chi connectivity index (χ1n) is 5.74. The molecule has 0 bridgehead atoms. The van der Waals surface area contributed by atoms with Crippen molar-refractivity contribution in [3.63, 3.8) is 0 Å². The number of anilines is 1. The van der Waals surface area contributed by atoms with Crippen molar-refractivity contribution >= 4 is 21.7 Å². The molecule has 5 heteroatoms. The van der Waals surface area contributed by atoms with E-state index in [1.807, 2.05) is 44.3 Å². The van der Waals surface area contributed by atoms with E-state index in [4.69, 9.17) is 0 Å². The van der Waals surface area contributed by atoms with Crippen LogP contribution >= 0.6 is 15.9 Å². The number of aliphatic hydroxyl groups excluding tert-OH is 1. The SMILES string of the molecule is Cc1cc(NCC(O)c2cccc(Br)c2)nn1C. The van der Waals surface area contributed by atoms with Crippen LogP contribution in [-0.4, -0.2) is 21.4 Å². The summed E-state index contributed by atoms with van der Waals surface area (Å²) in [5.74, 6) is 0.782. The fourth-order valence-electron chi connectivity index (χ4n) is 1.68. The van der Waals surface area contributed by atoms with Gasteiger partial charge < -0.3 is 10.4 Å². The number of hydrogen-bond acceptors (Lipinski definition) is 3. The fourth-order valence-corrected chi connectivity index (χ4v) is 2.10. The molecule has 0 radical (unpaired) electrons. The minimum Gasteiger partial charge on any atom is -0.387 e. The lowest BCUT2D eigenvalue weighted by molar-refractivity contribution is 0.191. The number of nitrogens with one attached hydrogen (secondary N) is 1. The minimum absolute atomic E-state index is 0.437. The highest BCUT2D eigenvalue weighted by atomic mass is 79.9. The quantitative estimate of drug-likeness (QED) is 0.913. The Labute approximate surface area is 115 Å². The van der Waals surface area contributed by atoms with E-state index < -0.39 is 6.10 Å². The molecular weight excluding hydrogens is 294 g/mol. The molecular formula is C13H16BrN3O. The highest BCUT2D eigenvalue weighted by molar-refractivity contribution is 9.10. The number of aliphatic hydroxyl groups is 1. The second kappa shape index (κ2) is 5.54. The van der Waals surface area contributed by atoms with E-state index in [1.54, 1.807) is 4.68 Å². The first-order chi connectivity index (χ1) is 8.56. The molecule has 0 saturated heterocycles. The van der Waals surface area contributed by atoms with Gasteiger partial charge in [0, 0.05) is 29.8 Å². The summed E-state index contributed by atoms with van der Waals surface area (Å²) in [6.45, 7) is 2.43. The van der Waals surface area contributed by atoms with Crippen LogP contribution in [0, 0.1) is 6.92 Å². The summed E-state index contributed by atoms with van der Waals surface area (Å²) in [7, 11) is 1.89. The Balaban J connectivity index is 1.98. The van der Waals surface area contributed by atoms with Gasteiger partial charge in [-0.25, -0.2) is 0 Å². The zero-order valence-corrected chi connectivity index (χ0v) is 12.0. The van der Waals surface area contributed by atoms with E-state index in [1.165, 1.54) is 0 Å². The molecule has 2 rings (SSSR count). The molecule has 0 aliphatic rings. The number of nitrogens with zero attached hydrogens (tertiary/aromatic N) is 2. The maximum atomic E-state index is 10.1. The van der Waals surface area contributed by atoms with Gasteiger partial charge in [-0.2, -0.15) is 5.10 Å². The lowest BCUT2D eigenvalue weighted by Crippen LogP contribution is -2.12. The summed E-state index contributed by atoms with van der Waals surface area (Å²) in [5, 5.41) is 17.5. The molecule has 1 heterocycles. The molecule has 1 unspecified atom stereocenters. The van der Waals surface area contributed by atoms with Crippen LogP contribution in [0.25, 0.3) is 0 Å². The fraction of sp³-hybridized carbons (Fsp3) is 0.308. The average molecular weight is 310 g/mol. The molecule has 1 atom stereocenters. The standard InChI is InChI=1S/C13H16BrN3O/c1-9-6-13(16-17(9)2)15-8-12(18)10-4-3-5-11(14)7-10/h3-7,12,18H,8H2,1-2H3,(H,15,16). The summed E-state index contributed by atoms with van der Waals surface area (Å²) in [5.41, 5.74) is 1.96. The van der Waals surface area contributed by atoms with E-state index in [2.05, 4.69) is 26.3 Å². The highest BCUT2D eigenvalue weighted by Gasteiger charge is 2.08. The Hall–Kier alpha value is -1.33. The van der Waals surface area contributed by atoms with Crippen LogP contribution < -0.4 is 5.32 Å². The van der Waals surface area contributed by atoms with Gasteiger partial charge in [-0.1, -0.05) is 28.1 Å². The third-order valence-electron chi connectivity index (χ3n) is 2.82. The van der Waals surface area contributed by atoms with E-state index in [0.29, 0.717) is 6.54 Å². The summed E-state index contributed by atoms with van der Waals surface area (Å²) >= 11 is 3.39. The van der Waals surface area contributed by atoms with Crippen molar-refractivity contribution in [3.05, 3.63) is 46.1 Å². The maximum absolute atomic E-state index is 10.1. The zero-order chi connectivity index (χ0) is 13.1. The Morgan fingerprint density at radius 2 is 2.22 bits per heavy atom. The maximum Gasteiger partial charge on any atom is 0.148 e. The molecule has 96 valence electrons. The van der Waals surface area contributed by atoms with E-state index in [9.17, 15) is 5.11 Å². The largest absolute Gasteiger partial charge is 0.387 e. The number of halogens is 1. The smallest absolute Gasteiger partial charge is 0.148 e. The first kappa shape index (κ1) is 13.1. The molecule has 2 N–H and O–H groups in total. The van der Waals surface area contributed by atoms with Crippen molar-refractivity contribution in [2.45, 2.75) is 13.0 Å². The highest BCUT2D eigenvalue weighted by Crippen LogP contribution is 2.18. The van der Waals surface area contributed by atoms with Crippen LogP contribution in [0.3, 0.4) is 0 Å². The van der Waals surface area contributed by atoms with E-state index in [0.717, 1.165) is 21.5 Å². The molecule has 0 saturated carbocycles. The molecule has 4 nitrogen and oxygen atoms in total. The zero-order valence-electron chi connectivity index (χ0n) is 10.4. The Kier molecular flexibility index (Phi) is 4.04. The lowest BCUT2D eigenvalue weighted by Gasteiger charge is -2.11. The third kappa shape index (κ3) is 3.11. The third-order valence-corrected chi connectivity index (χ3v) is 3.32. The molecule has 0 aliphatic carbocycles. The van der Waals surface area contributed by atoms with E-state index >= 15 is 0 Å². The van der Waals surface area contributed by atoms with Crippen LogP contribution in [0.5, 0.6) is 0 Å². The summed E-state index contributed by atoms with van der Waals surface area (Å²) < 4.78 is 2.76. The van der Waals surface area contributed by atoms with Gasteiger partial charge in [0.2, 0.25) is 0 Å². The van der Waals surface area contributed by atoms with Crippen molar-refractivity contribution in [1.29, 1.82) is 0 Å². The number of aryl methyl sites for hydroxylation is 2. The van der Waals surface area contributed by atoms with Crippen molar-refractivity contribution in [2.24, 2.45) is 7.05 Å². The van der Waals surface area contributed by atoms with Crippen LogP contribution in [0.1, 0.15) is 17.4 Å². The monoisotopic (exact) mass is 309 g/mol.